The molecule has 2 N–H and O–H groups in total. The van der Waals surface area contributed by atoms with Gasteiger partial charge in [-0.05, 0) is 18.2 Å². The molecule has 0 atom stereocenters. The fourth-order valence-electron chi connectivity index (χ4n) is 1.85. The number of aromatic nitrogens is 5. The molecular formula is C12H11N5O2. The third-order valence-corrected chi connectivity index (χ3v) is 2.78. The summed E-state index contributed by atoms with van der Waals surface area (Å²) in [5.74, 6) is -0.312. The lowest BCUT2D eigenvalue weighted by atomic mass is 10.2. The van der Waals surface area contributed by atoms with Gasteiger partial charge >= 0.3 is 5.97 Å². The maximum atomic E-state index is 10.6. The van der Waals surface area contributed by atoms with Crippen molar-refractivity contribution in [2.24, 2.45) is 0 Å². The van der Waals surface area contributed by atoms with Crippen LogP contribution in [-0.4, -0.2) is 35.9 Å². The number of carboxylic acids is 1. The maximum absolute atomic E-state index is 10.6. The van der Waals surface area contributed by atoms with Crippen LogP contribution in [0.5, 0.6) is 0 Å². The molecule has 0 saturated carbocycles. The van der Waals surface area contributed by atoms with Crippen LogP contribution in [0.3, 0.4) is 0 Å². The summed E-state index contributed by atoms with van der Waals surface area (Å²) < 4.78 is 1.59. The van der Waals surface area contributed by atoms with Crippen molar-refractivity contribution in [2.75, 3.05) is 0 Å². The first-order valence-electron chi connectivity index (χ1n) is 5.80. The van der Waals surface area contributed by atoms with Crippen LogP contribution < -0.4 is 0 Å². The van der Waals surface area contributed by atoms with Crippen LogP contribution in [0.2, 0.25) is 0 Å². The van der Waals surface area contributed by atoms with E-state index in [1.165, 1.54) is 0 Å². The van der Waals surface area contributed by atoms with Gasteiger partial charge in [0.05, 0.1) is 12.1 Å². The van der Waals surface area contributed by atoms with Crippen molar-refractivity contribution in [1.29, 1.82) is 0 Å². The average Bonchev–Trinajstić information content (AvgIpc) is 3.05. The van der Waals surface area contributed by atoms with Crippen LogP contribution in [0, 0.1) is 0 Å². The largest absolute Gasteiger partial charge is 0.481 e. The van der Waals surface area contributed by atoms with E-state index in [0.29, 0.717) is 17.9 Å². The molecule has 7 nitrogen and oxygen atoms in total. The summed E-state index contributed by atoms with van der Waals surface area (Å²) in [6.07, 6.45) is 3.98. The van der Waals surface area contributed by atoms with Gasteiger partial charge in [-0.1, -0.05) is 0 Å². The molecule has 3 aromatic heterocycles. The summed E-state index contributed by atoms with van der Waals surface area (Å²) in [6.45, 7) is 0. The van der Waals surface area contributed by atoms with E-state index in [2.05, 4.69) is 20.3 Å². The first-order chi connectivity index (χ1) is 9.24. The van der Waals surface area contributed by atoms with Crippen molar-refractivity contribution in [2.45, 2.75) is 12.8 Å². The second kappa shape index (κ2) is 4.52. The molecule has 0 amide bonds. The van der Waals surface area contributed by atoms with E-state index in [0.717, 1.165) is 11.3 Å². The molecule has 7 heteroatoms. The van der Waals surface area contributed by atoms with E-state index in [1.807, 2.05) is 30.6 Å². The van der Waals surface area contributed by atoms with Gasteiger partial charge in [0.2, 0.25) is 0 Å². The summed E-state index contributed by atoms with van der Waals surface area (Å²) in [5.41, 5.74) is 2.35. The fraction of sp³-hybridized carbons (Fsp3) is 0.167. The van der Waals surface area contributed by atoms with E-state index >= 15 is 0 Å². The van der Waals surface area contributed by atoms with Crippen molar-refractivity contribution in [3.05, 3.63) is 36.4 Å². The Bertz CT molecular complexity index is 717. The van der Waals surface area contributed by atoms with Gasteiger partial charge < -0.3 is 10.1 Å². The molecule has 96 valence electrons. The zero-order valence-electron chi connectivity index (χ0n) is 9.95. The van der Waals surface area contributed by atoms with Gasteiger partial charge in [0.1, 0.15) is 0 Å². The first kappa shape index (κ1) is 11.4. The highest BCUT2D eigenvalue weighted by Crippen LogP contribution is 2.16. The average molecular weight is 257 g/mol. The van der Waals surface area contributed by atoms with E-state index in [1.54, 1.807) is 4.52 Å². The van der Waals surface area contributed by atoms with E-state index in [-0.39, 0.29) is 6.42 Å². The molecule has 0 saturated heterocycles. The molecule has 0 radical (unpaired) electrons. The molecule has 0 bridgehead atoms. The third kappa shape index (κ3) is 2.17. The van der Waals surface area contributed by atoms with Crippen molar-refractivity contribution in [1.82, 2.24) is 24.8 Å². The van der Waals surface area contributed by atoms with Crippen molar-refractivity contribution >= 4 is 11.6 Å². The summed E-state index contributed by atoms with van der Waals surface area (Å²) in [6, 6.07) is 5.58. The molecule has 0 aromatic carbocycles. The minimum Gasteiger partial charge on any atom is -0.481 e. The number of fused-ring (bicyclic) bond motifs is 1. The second-order valence-electron chi connectivity index (χ2n) is 4.10. The number of aromatic amines is 1. The number of aliphatic carboxylic acids is 1. The van der Waals surface area contributed by atoms with E-state index < -0.39 is 5.97 Å². The summed E-state index contributed by atoms with van der Waals surface area (Å²) >= 11 is 0. The van der Waals surface area contributed by atoms with Crippen LogP contribution in [-0.2, 0) is 11.2 Å². The van der Waals surface area contributed by atoms with Crippen LogP contribution in [0.25, 0.3) is 16.9 Å². The Balaban J connectivity index is 2.00. The molecular weight excluding hydrogens is 246 g/mol. The van der Waals surface area contributed by atoms with Gasteiger partial charge in [-0.3, -0.25) is 4.79 Å². The molecule has 0 unspecified atom stereocenters. The smallest absolute Gasteiger partial charge is 0.303 e. The molecule has 0 spiro atoms. The zero-order valence-corrected chi connectivity index (χ0v) is 9.95. The Kier molecular flexibility index (Phi) is 2.71. The third-order valence-electron chi connectivity index (χ3n) is 2.78. The van der Waals surface area contributed by atoms with Gasteiger partial charge in [0.15, 0.2) is 11.5 Å². The number of hydrogen-bond acceptors (Lipinski definition) is 4. The number of carboxylic acid groups (broad SMARTS) is 1. The number of nitrogens with zero attached hydrogens (tertiary/aromatic N) is 4. The number of hydrogen-bond donors (Lipinski definition) is 2. The normalized spacial score (nSPS) is 10.9. The number of nitrogens with one attached hydrogen (secondary N) is 1. The van der Waals surface area contributed by atoms with Gasteiger partial charge in [-0.25, -0.2) is 0 Å². The molecule has 0 aliphatic rings. The molecule has 0 fully saturated rings. The molecule has 3 heterocycles. The lowest BCUT2D eigenvalue weighted by Gasteiger charge is -2.00. The standard InChI is InChI=1S/C12H11N5O2/c18-12(19)4-3-11-15-14-10-2-1-9(16-17(10)11)8-5-6-13-7-8/h1-2,5-7,13H,3-4H2,(H,18,19). The number of H-pyrrole nitrogens is 1. The highest BCUT2D eigenvalue weighted by atomic mass is 16.4. The molecule has 0 aliphatic carbocycles. The SMILES string of the molecule is O=C(O)CCc1nnc2ccc(-c3cc[nH]c3)nn12. The monoisotopic (exact) mass is 257 g/mol. The lowest BCUT2D eigenvalue weighted by Crippen LogP contribution is -2.04. The van der Waals surface area contributed by atoms with Crippen LogP contribution in [0.4, 0.5) is 0 Å². The van der Waals surface area contributed by atoms with Crippen molar-refractivity contribution in [3.63, 3.8) is 0 Å². The van der Waals surface area contributed by atoms with Crippen molar-refractivity contribution in [3.8, 4) is 11.3 Å². The van der Waals surface area contributed by atoms with Gasteiger partial charge in [0, 0.05) is 24.4 Å². The van der Waals surface area contributed by atoms with Crippen molar-refractivity contribution < 1.29 is 9.90 Å². The van der Waals surface area contributed by atoms with Crippen LogP contribution in [0.1, 0.15) is 12.2 Å². The summed E-state index contributed by atoms with van der Waals surface area (Å²) in [7, 11) is 0. The lowest BCUT2D eigenvalue weighted by molar-refractivity contribution is -0.137. The Labute approximate surface area is 107 Å². The van der Waals surface area contributed by atoms with Crippen LogP contribution in [0.15, 0.2) is 30.6 Å². The fourth-order valence-corrected chi connectivity index (χ4v) is 1.85. The Hall–Kier alpha value is -2.70. The quantitative estimate of drug-likeness (QED) is 0.730. The predicted octanol–water partition coefficient (Wildman–Crippen LogP) is 1.14. The topological polar surface area (TPSA) is 96.2 Å². The Morgan fingerprint density at radius 1 is 1.32 bits per heavy atom. The number of rotatable bonds is 4. The predicted molar refractivity (Wildman–Crippen MR) is 66.5 cm³/mol. The van der Waals surface area contributed by atoms with Gasteiger partial charge in [0.25, 0.3) is 0 Å². The van der Waals surface area contributed by atoms with E-state index in [4.69, 9.17) is 5.11 Å². The van der Waals surface area contributed by atoms with Gasteiger partial charge in [-0.15, -0.1) is 10.2 Å². The molecule has 19 heavy (non-hydrogen) atoms. The highest BCUT2D eigenvalue weighted by Gasteiger charge is 2.10. The second-order valence-corrected chi connectivity index (χ2v) is 4.10. The highest BCUT2D eigenvalue weighted by molar-refractivity contribution is 5.67. The maximum Gasteiger partial charge on any atom is 0.303 e. The minimum absolute atomic E-state index is 0.0108. The molecule has 3 rings (SSSR count). The molecule has 3 aromatic rings. The Morgan fingerprint density at radius 2 is 2.21 bits per heavy atom. The summed E-state index contributed by atoms with van der Waals surface area (Å²) in [5, 5.41) is 21.1. The first-order valence-corrected chi connectivity index (χ1v) is 5.80. The van der Waals surface area contributed by atoms with E-state index in [9.17, 15) is 4.79 Å². The zero-order chi connectivity index (χ0) is 13.2. The number of aryl methyl sites for hydroxylation is 1. The van der Waals surface area contributed by atoms with Gasteiger partial charge in [-0.2, -0.15) is 9.61 Å². The minimum atomic E-state index is -0.862. The number of carbonyl (C=O) groups is 1. The Morgan fingerprint density at radius 3 is 2.95 bits per heavy atom. The molecule has 0 aliphatic heterocycles. The summed E-state index contributed by atoms with van der Waals surface area (Å²) in [4.78, 5) is 13.6. The van der Waals surface area contributed by atoms with Crippen LogP contribution >= 0.6 is 0 Å².